The minimum Gasteiger partial charge on any atom is -0.354 e. The fourth-order valence-corrected chi connectivity index (χ4v) is 4.73. The van der Waals surface area contributed by atoms with Gasteiger partial charge in [-0.1, -0.05) is 6.42 Å². The molecule has 0 bridgehead atoms. The zero-order valence-corrected chi connectivity index (χ0v) is 13.9. The molecular formula is C14H24N4O3S. The minimum atomic E-state index is -3.60. The molecule has 124 valence electrons. The lowest BCUT2D eigenvalue weighted by molar-refractivity contribution is 0.0955. The molecule has 1 unspecified atom stereocenters. The molecule has 1 aliphatic rings. The number of carbonyl (C=O) groups is 1. The van der Waals surface area contributed by atoms with Gasteiger partial charge in [-0.15, -0.1) is 0 Å². The van der Waals surface area contributed by atoms with Crippen molar-refractivity contribution in [1.82, 2.24) is 14.2 Å². The number of aromatic nitrogens is 1. The molecule has 0 spiro atoms. The molecule has 0 saturated carbocycles. The number of nitrogens with zero attached hydrogens (tertiary/aromatic N) is 2. The highest BCUT2D eigenvalue weighted by molar-refractivity contribution is 7.89. The standard InChI is InChI=1S/C14H24N4O3S/c1-16-14(19)13-9-12(10-17(13)2)22(20,21)18-8-4-3-5-11(18)6-7-15/h9-11H,3-8,15H2,1-2H3,(H,16,19). The molecule has 2 rings (SSSR count). The molecule has 1 aliphatic heterocycles. The summed E-state index contributed by atoms with van der Waals surface area (Å²) in [5, 5.41) is 2.51. The molecule has 8 heteroatoms. The molecule has 2 heterocycles. The smallest absolute Gasteiger partial charge is 0.267 e. The van der Waals surface area contributed by atoms with Crippen LogP contribution in [-0.4, -0.2) is 49.4 Å². The second-order valence-electron chi connectivity index (χ2n) is 5.59. The average molecular weight is 328 g/mol. The third-order valence-corrected chi connectivity index (χ3v) is 6.04. The van der Waals surface area contributed by atoms with E-state index in [0.29, 0.717) is 25.2 Å². The van der Waals surface area contributed by atoms with Crippen molar-refractivity contribution < 1.29 is 13.2 Å². The maximum absolute atomic E-state index is 12.9. The molecule has 1 fully saturated rings. The fourth-order valence-electron chi connectivity index (χ4n) is 2.94. The fraction of sp³-hybridized carbons (Fsp3) is 0.643. The molecule has 1 aromatic heterocycles. The maximum Gasteiger partial charge on any atom is 0.267 e. The monoisotopic (exact) mass is 328 g/mol. The van der Waals surface area contributed by atoms with Crippen molar-refractivity contribution in [3.8, 4) is 0 Å². The van der Waals surface area contributed by atoms with E-state index in [1.807, 2.05) is 0 Å². The van der Waals surface area contributed by atoms with E-state index in [0.717, 1.165) is 19.3 Å². The zero-order chi connectivity index (χ0) is 16.3. The number of sulfonamides is 1. The van der Waals surface area contributed by atoms with Gasteiger partial charge in [0.05, 0.1) is 0 Å². The van der Waals surface area contributed by atoms with Gasteiger partial charge in [-0.25, -0.2) is 8.42 Å². The van der Waals surface area contributed by atoms with Crippen LogP contribution in [0.3, 0.4) is 0 Å². The Morgan fingerprint density at radius 1 is 1.45 bits per heavy atom. The van der Waals surface area contributed by atoms with Crippen LogP contribution < -0.4 is 11.1 Å². The molecule has 1 saturated heterocycles. The van der Waals surface area contributed by atoms with Crippen LogP contribution in [0.15, 0.2) is 17.2 Å². The summed E-state index contributed by atoms with van der Waals surface area (Å²) in [7, 11) is -0.417. The van der Waals surface area contributed by atoms with Gasteiger partial charge in [0.25, 0.3) is 5.91 Å². The Morgan fingerprint density at radius 3 is 2.82 bits per heavy atom. The first-order valence-corrected chi connectivity index (χ1v) is 8.96. The second kappa shape index (κ2) is 6.80. The Labute approximate surface area is 131 Å². The van der Waals surface area contributed by atoms with Crippen LogP contribution in [-0.2, 0) is 17.1 Å². The first kappa shape index (κ1) is 17.0. The highest BCUT2D eigenvalue weighted by Gasteiger charge is 2.34. The van der Waals surface area contributed by atoms with Gasteiger partial charge in [0.2, 0.25) is 10.0 Å². The van der Waals surface area contributed by atoms with Crippen LogP contribution in [0.4, 0.5) is 0 Å². The van der Waals surface area contributed by atoms with E-state index >= 15 is 0 Å². The summed E-state index contributed by atoms with van der Waals surface area (Å²) in [6, 6.07) is 1.38. The molecule has 7 nitrogen and oxygen atoms in total. The van der Waals surface area contributed by atoms with Crippen molar-refractivity contribution in [2.75, 3.05) is 20.1 Å². The van der Waals surface area contributed by atoms with E-state index < -0.39 is 10.0 Å². The maximum atomic E-state index is 12.9. The Bertz CT molecular complexity index is 637. The van der Waals surface area contributed by atoms with Crippen molar-refractivity contribution in [2.45, 2.75) is 36.6 Å². The Kier molecular flexibility index (Phi) is 5.25. The number of piperidine rings is 1. The molecule has 1 atom stereocenters. The van der Waals surface area contributed by atoms with Crippen LogP contribution in [0.1, 0.15) is 36.2 Å². The average Bonchev–Trinajstić information content (AvgIpc) is 2.90. The molecule has 1 amide bonds. The number of amides is 1. The lowest BCUT2D eigenvalue weighted by Crippen LogP contribution is -2.44. The van der Waals surface area contributed by atoms with Crippen molar-refractivity contribution >= 4 is 15.9 Å². The van der Waals surface area contributed by atoms with E-state index in [4.69, 9.17) is 5.73 Å². The quantitative estimate of drug-likeness (QED) is 0.811. The highest BCUT2D eigenvalue weighted by Crippen LogP contribution is 2.27. The molecule has 0 radical (unpaired) electrons. The minimum absolute atomic E-state index is 0.0487. The first-order chi connectivity index (χ1) is 10.4. The number of aryl methyl sites for hydroxylation is 1. The number of nitrogens with one attached hydrogen (secondary N) is 1. The predicted octanol–water partition coefficient (Wildman–Crippen LogP) is 0.277. The number of rotatable bonds is 5. The number of hydrogen-bond donors (Lipinski definition) is 2. The van der Waals surface area contributed by atoms with Gasteiger partial charge in [-0.3, -0.25) is 4.79 Å². The van der Waals surface area contributed by atoms with Gasteiger partial charge < -0.3 is 15.6 Å². The first-order valence-electron chi connectivity index (χ1n) is 7.52. The van der Waals surface area contributed by atoms with E-state index in [1.54, 1.807) is 11.4 Å². The van der Waals surface area contributed by atoms with Crippen LogP contribution in [0.25, 0.3) is 0 Å². The highest BCUT2D eigenvalue weighted by atomic mass is 32.2. The summed E-state index contributed by atoms with van der Waals surface area (Å²) in [5.41, 5.74) is 5.94. The van der Waals surface area contributed by atoms with E-state index in [1.165, 1.54) is 23.9 Å². The molecule has 3 N–H and O–H groups in total. The van der Waals surface area contributed by atoms with Gasteiger partial charge in [0.15, 0.2) is 0 Å². The van der Waals surface area contributed by atoms with Crippen molar-refractivity contribution in [3.05, 3.63) is 18.0 Å². The van der Waals surface area contributed by atoms with Gasteiger partial charge in [0, 0.05) is 32.9 Å². The normalized spacial score (nSPS) is 20.0. The van der Waals surface area contributed by atoms with Crippen molar-refractivity contribution in [2.24, 2.45) is 12.8 Å². The topological polar surface area (TPSA) is 97.4 Å². The van der Waals surface area contributed by atoms with Crippen molar-refractivity contribution in [3.63, 3.8) is 0 Å². The lowest BCUT2D eigenvalue weighted by atomic mass is 10.0. The predicted molar refractivity (Wildman–Crippen MR) is 84.0 cm³/mol. The third-order valence-electron chi connectivity index (χ3n) is 4.12. The molecule has 22 heavy (non-hydrogen) atoms. The van der Waals surface area contributed by atoms with Gasteiger partial charge in [-0.05, 0) is 31.9 Å². The summed E-state index contributed by atoms with van der Waals surface area (Å²) in [4.78, 5) is 11.9. The summed E-state index contributed by atoms with van der Waals surface area (Å²) < 4.78 is 28.9. The van der Waals surface area contributed by atoms with Gasteiger partial charge >= 0.3 is 0 Å². The summed E-state index contributed by atoms with van der Waals surface area (Å²) in [5.74, 6) is -0.305. The third kappa shape index (κ3) is 3.18. The SMILES string of the molecule is CNC(=O)c1cc(S(=O)(=O)N2CCCCC2CCN)cn1C. The summed E-state index contributed by atoms with van der Waals surface area (Å²) in [6.07, 6.45) is 4.87. The number of hydrogen-bond acceptors (Lipinski definition) is 4. The van der Waals surface area contributed by atoms with E-state index in [9.17, 15) is 13.2 Å². The van der Waals surface area contributed by atoms with E-state index in [-0.39, 0.29) is 16.8 Å². The van der Waals surface area contributed by atoms with Crippen LogP contribution in [0.5, 0.6) is 0 Å². The van der Waals surface area contributed by atoms with Crippen molar-refractivity contribution in [1.29, 1.82) is 0 Å². The largest absolute Gasteiger partial charge is 0.354 e. The Morgan fingerprint density at radius 2 is 2.18 bits per heavy atom. The summed E-state index contributed by atoms with van der Waals surface area (Å²) >= 11 is 0. The lowest BCUT2D eigenvalue weighted by Gasteiger charge is -2.34. The van der Waals surface area contributed by atoms with Crippen LogP contribution >= 0.6 is 0 Å². The Balaban J connectivity index is 2.35. The van der Waals surface area contributed by atoms with Gasteiger partial charge in [-0.2, -0.15) is 4.31 Å². The number of nitrogens with two attached hydrogens (primary N) is 1. The summed E-state index contributed by atoms with van der Waals surface area (Å²) in [6.45, 7) is 0.978. The molecular weight excluding hydrogens is 304 g/mol. The van der Waals surface area contributed by atoms with Crippen LogP contribution in [0, 0.1) is 0 Å². The Hall–Kier alpha value is -1.38. The number of carbonyl (C=O) groups excluding carboxylic acids is 1. The molecule has 0 aliphatic carbocycles. The molecule has 0 aromatic carbocycles. The molecule has 1 aromatic rings. The second-order valence-corrected chi connectivity index (χ2v) is 7.48. The van der Waals surface area contributed by atoms with Gasteiger partial charge in [0.1, 0.15) is 10.6 Å². The van der Waals surface area contributed by atoms with Crippen LogP contribution in [0.2, 0.25) is 0 Å². The van der Waals surface area contributed by atoms with E-state index in [2.05, 4.69) is 5.32 Å². The zero-order valence-electron chi connectivity index (χ0n) is 13.1.